The summed E-state index contributed by atoms with van der Waals surface area (Å²) in [6.07, 6.45) is 0.598. The summed E-state index contributed by atoms with van der Waals surface area (Å²) in [6, 6.07) is 28.6. The zero-order valence-corrected chi connectivity index (χ0v) is 22.8. The topological polar surface area (TPSA) is 45.6 Å². The standard InChI is InChI=1S/C30H31BrN2O2S/c1-35-29-26(21-23-20-25(31)12-13-27(23)32-29)28(22-8-4-2-5-9-22)30(34,24-10-6-3-7-11-24)14-15-33-16-18-36-19-17-33/h2-13,20-21,28,34H,14-19H2,1H3. The summed E-state index contributed by atoms with van der Waals surface area (Å²) >= 11 is 5.61. The van der Waals surface area contributed by atoms with E-state index < -0.39 is 5.60 Å². The van der Waals surface area contributed by atoms with Crippen LogP contribution in [0.4, 0.5) is 0 Å². The molecule has 0 radical (unpaired) electrons. The Hall–Kier alpha value is -2.38. The summed E-state index contributed by atoms with van der Waals surface area (Å²) in [4.78, 5) is 7.34. The van der Waals surface area contributed by atoms with E-state index in [2.05, 4.69) is 45.1 Å². The van der Waals surface area contributed by atoms with Gasteiger partial charge in [-0.25, -0.2) is 4.98 Å². The van der Waals surface area contributed by atoms with Gasteiger partial charge in [-0.3, -0.25) is 0 Å². The van der Waals surface area contributed by atoms with Gasteiger partial charge in [0.25, 0.3) is 0 Å². The molecule has 0 amide bonds. The Kier molecular flexibility index (Phi) is 7.96. The fourth-order valence-electron chi connectivity index (χ4n) is 5.21. The van der Waals surface area contributed by atoms with E-state index in [0.29, 0.717) is 12.3 Å². The molecule has 1 aliphatic rings. The molecular formula is C30H31BrN2O2S. The lowest BCUT2D eigenvalue weighted by molar-refractivity contribution is 0.00110. The van der Waals surface area contributed by atoms with Crippen LogP contribution >= 0.6 is 27.7 Å². The minimum absolute atomic E-state index is 0.369. The number of aromatic nitrogens is 1. The van der Waals surface area contributed by atoms with Crippen LogP contribution in [0.1, 0.15) is 29.0 Å². The van der Waals surface area contributed by atoms with Crippen molar-refractivity contribution in [2.75, 3.05) is 38.2 Å². The van der Waals surface area contributed by atoms with E-state index in [9.17, 15) is 5.11 Å². The molecule has 0 bridgehead atoms. The average molecular weight is 564 g/mol. The largest absolute Gasteiger partial charge is 0.481 e. The van der Waals surface area contributed by atoms with Gasteiger partial charge >= 0.3 is 0 Å². The van der Waals surface area contributed by atoms with E-state index in [-0.39, 0.29) is 5.92 Å². The second kappa shape index (κ2) is 11.3. The summed E-state index contributed by atoms with van der Waals surface area (Å²) in [6.45, 7) is 2.94. The van der Waals surface area contributed by atoms with Crippen molar-refractivity contribution in [2.45, 2.75) is 17.9 Å². The third-order valence-corrected chi connectivity index (χ3v) is 8.51. The fraction of sp³-hybridized carbons (Fsp3) is 0.300. The fourth-order valence-corrected chi connectivity index (χ4v) is 6.57. The maximum Gasteiger partial charge on any atom is 0.217 e. The van der Waals surface area contributed by atoms with E-state index in [1.165, 1.54) is 0 Å². The molecule has 36 heavy (non-hydrogen) atoms. The number of ether oxygens (including phenoxy) is 1. The first-order valence-corrected chi connectivity index (χ1v) is 14.3. The van der Waals surface area contributed by atoms with Gasteiger partial charge in [-0.15, -0.1) is 0 Å². The van der Waals surface area contributed by atoms with E-state index >= 15 is 0 Å². The van der Waals surface area contributed by atoms with Crippen molar-refractivity contribution in [3.05, 3.63) is 106 Å². The number of hydrogen-bond donors (Lipinski definition) is 1. The smallest absolute Gasteiger partial charge is 0.217 e. The SMILES string of the molecule is COc1nc2ccc(Br)cc2cc1C(c1ccccc1)C(O)(CCN1CCSCC1)c1ccccc1. The zero-order chi connectivity index (χ0) is 25.0. The number of thioether (sulfide) groups is 1. The predicted molar refractivity (Wildman–Crippen MR) is 153 cm³/mol. The van der Waals surface area contributed by atoms with Crippen molar-refractivity contribution >= 4 is 38.6 Å². The predicted octanol–water partition coefficient (Wildman–Crippen LogP) is 6.46. The van der Waals surface area contributed by atoms with Gasteiger partial charge in [-0.1, -0.05) is 76.6 Å². The van der Waals surface area contributed by atoms with Crippen LogP contribution in [0.5, 0.6) is 5.88 Å². The number of aliphatic hydroxyl groups is 1. The van der Waals surface area contributed by atoms with E-state index in [0.717, 1.165) is 63.2 Å². The minimum atomic E-state index is -1.16. The summed E-state index contributed by atoms with van der Waals surface area (Å²) in [5.41, 5.74) is 2.52. The molecule has 1 aliphatic heterocycles. The maximum atomic E-state index is 12.8. The molecule has 1 fully saturated rings. The highest BCUT2D eigenvalue weighted by atomic mass is 79.9. The molecule has 2 atom stereocenters. The molecule has 4 nitrogen and oxygen atoms in total. The van der Waals surface area contributed by atoms with Crippen molar-refractivity contribution in [3.8, 4) is 5.88 Å². The van der Waals surface area contributed by atoms with Crippen molar-refractivity contribution in [1.82, 2.24) is 9.88 Å². The Morgan fingerprint density at radius 2 is 1.69 bits per heavy atom. The first-order chi connectivity index (χ1) is 17.6. The summed E-state index contributed by atoms with van der Waals surface area (Å²) in [7, 11) is 1.66. The molecule has 0 spiro atoms. The molecule has 0 aliphatic carbocycles. The van der Waals surface area contributed by atoms with Crippen LogP contribution in [0.15, 0.2) is 89.4 Å². The summed E-state index contributed by atoms with van der Waals surface area (Å²) in [5, 5.41) is 13.8. The van der Waals surface area contributed by atoms with Gasteiger partial charge < -0.3 is 14.7 Å². The molecular weight excluding hydrogens is 532 g/mol. The Morgan fingerprint density at radius 1 is 1.00 bits per heavy atom. The zero-order valence-electron chi connectivity index (χ0n) is 20.4. The van der Waals surface area contributed by atoms with Crippen LogP contribution in [0.25, 0.3) is 10.9 Å². The van der Waals surface area contributed by atoms with Crippen molar-refractivity contribution in [1.29, 1.82) is 0 Å². The van der Waals surface area contributed by atoms with Crippen LogP contribution in [-0.2, 0) is 5.60 Å². The highest BCUT2D eigenvalue weighted by molar-refractivity contribution is 9.10. The number of nitrogens with zero attached hydrogens (tertiary/aromatic N) is 2. The van der Waals surface area contributed by atoms with E-state index in [4.69, 9.17) is 9.72 Å². The summed E-state index contributed by atoms with van der Waals surface area (Å²) in [5.74, 6) is 2.46. The second-order valence-corrected chi connectivity index (χ2v) is 11.4. The summed E-state index contributed by atoms with van der Waals surface area (Å²) < 4.78 is 6.86. The minimum Gasteiger partial charge on any atom is -0.481 e. The first kappa shape index (κ1) is 25.3. The van der Waals surface area contributed by atoms with Gasteiger partial charge in [0.15, 0.2) is 0 Å². The van der Waals surface area contributed by atoms with Gasteiger partial charge in [0.1, 0.15) is 5.60 Å². The van der Waals surface area contributed by atoms with Crippen LogP contribution < -0.4 is 4.74 Å². The number of halogens is 1. The molecule has 0 saturated carbocycles. The highest BCUT2D eigenvalue weighted by Gasteiger charge is 2.42. The second-order valence-electron chi connectivity index (χ2n) is 9.26. The van der Waals surface area contributed by atoms with Gasteiger partial charge in [0, 0.05) is 52.5 Å². The number of hydrogen-bond acceptors (Lipinski definition) is 5. The van der Waals surface area contributed by atoms with Gasteiger partial charge in [-0.05, 0) is 41.8 Å². The molecule has 3 aromatic carbocycles. The van der Waals surface area contributed by atoms with Gasteiger partial charge in [0.2, 0.25) is 5.88 Å². The van der Waals surface area contributed by atoms with Crippen molar-refractivity contribution in [3.63, 3.8) is 0 Å². The van der Waals surface area contributed by atoms with E-state index in [1.54, 1.807) is 7.11 Å². The van der Waals surface area contributed by atoms with Crippen molar-refractivity contribution < 1.29 is 9.84 Å². The van der Waals surface area contributed by atoms with Crippen molar-refractivity contribution in [2.24, 2.45) is 0 Å². The lowest BCUT2D eigenvalue weighted by Gasteiger charge is -2.40. The number of rotatable bonds is 8. The Morgan fingerprint density at radius 3 is 2.39 bits per heavy atom. The molecule has 1 N–H and O–H groups in total. The molecule has 2 unspecified atom stereocenters. The number of methoxy groups -OCH3 is 1. The quantitative estimate of drug-likeness (QED) is 0.267. The lowest BCUT2D eigenvalue weighted by Crippen LogP contribution is -2.41. The maximum absolute atomic E-state index is 12.8. The number of fused-ring (bicyclic) bond motifs is 1. The molecule has 4 aromatic rings. The number of benzene rings is 3. The van der Waals surface area contributed by atoms with Crippen LogP contribution in [-0.4, -0.2) is 53.2 Å². The Labute approximate surface area is 225 Å². The third kappa shape index (κ3) is 5.32. The average Bonchev–Trinajstić information content (AvgIpc) is 2.93. The molecule has 2 heterocycles. The monoisotopic (exact) mass is 562 g/mol. The van der Waals surface area contributed by atoms with Crippen LogP contribution in [0.3, 0.4) is 0 Å². The van der Waals surface area contributed by atoms with Crippen LogP contribution in [0, 0.1) is 0 Å². The van der Waals surface area contributed by atoms with E-state index in [1.807, 2.05) is 72.4 Å². The molecule has 6 heteroatoms. The highest BCUT2D eigenvalue weighted by Crippen LogP contribution is 2.47. The normalized spacial score (nSPS) is 17.0. The molecule has 1 aromatic heterocycles. The van der Waals surface area contributed by atoms with Crippen LogP contribution in [0.2, 0.25) is 0 Å². The van der Waals surface area contributed by atoms with Gasteiger partial charge in [-0.2, -0.15) is 11.8 Å². The lowest BCUT2D eigenvalue weighted by atomic mass is 9.71. The molecule has 1 saturated heterocycles. The van der Waals surface area contributed by atoms with Gasteiger partial charge in [0.05, 0.1) is 12.6 Å². The third-order valence-electron chi connectivity index (χ3n) is 7.07. The number of pyridine rings is 1. The first-order valence-electron chi connectivity index (χ1n) is 12.4. The Bertz CT molecular complexity index is 1300. The molecule has 186 valence electrons. The Balaban J connectivity index is 1.69. The molecule has 5 rings (SSSR count).